The van der Waals surface area contributed by atoms with Crippen molar-refractivity contribution in [3.05, 3.63) is 71.0 Å². The number of benzene rings is 2. The van der Waals surface area contributed by atoms with Crippen LogP contribution in [0.3, 0.4) is 0 Å². The monoisotopic (exact) mass is 285 g/mol. The molecule has 0 spiro atoms. The predicted molar refractivity (Wildman–Crippen MR) is 81.8 cm³/mol. The molecule has 1 N–H and O–H groups in total. The lowest BCUT2D eigenvalue weighted by atomic mass is 9.94. The first-order chi connectivity index (χ1) is 10.2. The molecule has 0 unspecified atom stereocenters. The van der Waals surface area contributed by atoms with Crippen LogP contribution in [0.1, 0.15) is 22.6 Å². The van der Waals surface area contributed by atoms with Crippen LogP contribution in [-0.2, 0) is 11.3 Å². The van der Waals surface area contributed by atoms with Crippen molar-refractivity contribution < 1.29 is 9.13 Å². The average molecular weight is 285 g/mol. The van der Waals surface area contributed by atoms with Gasteiger partial charge in [-0.2, -0.15) is 0 Å². The van der Waals surface area contributed by atoms with Gasteiger partial charge in [0, 0.05) is 18.5 Å². The van der Waals surface area contributed by atoms with Crippen molar-refractivity contribution in [2.24, 2.45) is 0 Å². The fourth-order valence-corrected chi connectivity index (χ4v) is 2.84. The third-order valence-electron chi connectivity index (χ3n) is 4.19. The maximum absolute atomic E-state index is 13.0. The number of aryl methyl sites for hydroxylation is 1. The Morgan fingerprint density at radius 3 is 2.62 bits per heavy atom. The highest BCUT2D eigenvalue weighted by atomic mass is 19.1. The minimum absolute atomic E-state index is 0.193. The summed E-state index contributed by atoms with van der Waals surface area (Å²) in [5, 5.41) is 3.58. The van der Waals surface area contributed by atoms with Gasteiger partial charge in [0.05, 0.1) is 13.2 Å². The van der Waals surface area contributed by atoms with Crippen molar-refractivity contribution in [1.82, 2.24) is 5.32 Å². The summed E-state index contributed by atoms with van der Waals surface area (Å²) in [5.41, 5.74) is 3.74. The fraction of sp³-hybridized carbons (Fsp3) is 0.333. The van der Waals surface area contributed by atoms with Gasteiger partial charge in [-0.15, -0.1) is 0 Å². The molecule has 1 aliphatic rings. The molecule has 21 heavy (non-hydrogen) atoms. The van der Waals surface area contributed by atoms with E-state index in [9.17, 15) is 4.39 Å². The van der Waals surface area contributed by atoms with Crippen LogP contribution < -0.4 is 5.32 Å². The van der Waals surface area contributed by atoms with E-state index < -0.39 is 0 Å². The first kappa shape index (κ1) is 14.2. The van der Waals surface area contributed by atoms with E-state index in [0.717, 1.165) is 12.1 Å². The number of rotatable bonds is 4. The van der Waals surface area contributed by atoms with Crippen LogP contribution in [0.15, 0.2) is 48.5 Å². The van der Waals surface area contributed by atoms with Crippen molar-refractivity contribution >= 4 is 0 Å². The lowest BCUT2D eigenvalue weighted by Crippen LogP contribution is -2.34. The van der Waals surface area contributed by atoms with Crippen LogP contribution in [0, 0.1) is 12.7 Å². The summed E-state index contributed by atoms with van der Waals surface area (Å²) in [7, 11) is 0. The Kier molecular flexibility index (Phi) is 4.32. The molecule has 3 heteroatoms. The summed E-state index contributed by atoms with van der Waals surface area (Å²) in [4.78, 5) is 0. The molecule has 1 fully saturated rings. The molecule has 0 aromatic heterocycles. The van der Waals surface area contributed by atoms with Gasteiger partial charge in [0.1, 0.15) is 5.82 Å². The highest BCUT2D eigenvalue weighted by molar-refractivity contribution is 5.26. The molecule has 1 aliphatic heterocycles. The third-order valence-corrected chi connectivity index (χ3v) is 4.19. The summed E-state index contributed by atoms with van der Waals surface area (Å²) < 4.78 is 18.7. The minimum atomic E-state index is -0.193. The van der Waals surface area contributed by atoms with Crippen molar-refractivity contribution in [3.63, 3.8) is 0 Å². The molecule has 110 valence electrons. The van der Waals surface area contributed by atoms with Gasteiger partial charge >= 0.3 is 0 Å². The highest BCUT2D eigenvalue weighted by Crippen LogP contribution is 2.26. The molecular weight excluding hydrogens is 265 g/mol. The molecule has 2 nitrogen and oxygen atoms in total. The third kappa shape index (κ3) is 3.31. The standard InChI is InChI=1S/C18H20FNO/c1-13-4-2-3-5-15(13)10-20-18-12-21-11-17(18)14-6-8-16(19)9-7-14/h2-9,17-18,20H,10-12H2,1H3/t17-,18+/m0/s1. The predicted octanol–water partition coefficient (Wildman–Crippen LogP) is 3.41. The molecular formula is C18H20FNO. The van der Waals surface area contributed by atoms with Gasteiger partial charge in [-0.1, -0.05) is 36.4 Å². The maximum Gasteiger partial charge on any atom is 0.123 e. The Labute approximate surface area is 125 Å². The first-order valence-electron chi connectivity index (χ1n) is 7.35. The normalized spacial score (nSPS) is 21.6. The minimum Gasteiger partial charge on any atom is -0.379 e. The van der Waals surface area contributed by atoms with Crippen LogP contribution in [0.2, 0.25) is 0 Å². The molecule has 0 amide bonds. The molecule has 0 aliphatic carbocycles. The second kappa shape index (κ2) is 6.37. The largest absolute Gasteiger partial charge is 0.379 e. The van der Waals surface area contributed by atoms with Crippen molar-refractivity contribution in [2.75, 3.05) is 13.2 Å². The van der Waals surface area contributed by atoms with Crippen LogP contribution in [0.4, 0.5) is 4.39 Å². The quantitative estimate of drug-likeness (QED) is 0.929. The van der Waals surface area contributed by atoms with Gasteiger partial charge in [0.15, 0.2) is 0 Å². The number of nitrogens with one attached hydrogen (secondary N) is 1. The average Bonchev–Trinajstić information content (AvgIpc) is 2.96. The molecule has 0 bridgehead atoms. The number of hydrogen-bond donors (Lipinski definition) is 1. The van der Waals surface area contributed by atoms with E-state index in [1.54, 1.807) is 0 Å². The fourth-order valence-electron chi connectivity index (χ4n) is 2.84. The van der Waals surface area contributed by atoms with Gasteiger partial charge in [0.2, 0.25) is 0 Å². The number of hydrogen-bond acceptors (Lipinski definition) is 2. The van der Waals surface area contributed by atoms with Crippen molar-refractivity contribution in [3.8, 4) is 0 Å². The zero-order valence-corrected chi connectivity index (χ0v) is 12.2. The summed E-state index contributed by atoms with van der Waals surface area (Å²) in [6.45, 7) is 4.35. The Balaban J connectivity index is 1.67. The molecule has 0 radical (unpaired) electrons. The van der Waals surface area contributed by atoms with E-state index >= 15 is 0 Å². The lowest BCUT2D eigenvalue weighted by Gasteiger charge is -2.20. The second-order valence-electron chi connectivity index (χ2n) is 5.61. The summed E-state index contributed by atoms with van der Waals surface area (Å²) in [5.74, 6) is 0.0942. The van der Waals surface area contributed by atoms with Crippen LogP contribution in [0.5, 0.6) is 0 Å². The summed E-state index contributed by atoms with van der Waals surface area (Å²) in [6.07, 6.45) is 0. The SMILES string of the molecule is Cc1ccccc1CN[C@@H]1COC[C@H]1c1ccc(F)cc1. The zero-order valence-electron chi connectivity index (χ0n) is 12.2. The van der Waals surface area contributed by atoms with Gasteiger partial charge in [-0.25, -0.2) is 4.39 Å². The number of ether oxygens (including phenoxy) is 1. The van der Waals surface area contributed by atoms with E-state index in [2.05, 4.69) is 36.5 Å². The van der Waals surface area contributed by atoms with Crippen LogP contribution in [0.25, 0.3) is 0 Å². The number of halogens is 1. The van der Waals surface area contributed by atoms with E-state index in [4.69, 9.17) is 4.74 Å². The molecule has 2 aromatic rings. The maximum atomic E-state index is 13.0. The highest BCUT2D eigenvalue weighted by Gasteiger charge is 2.29. The Hall–Kier alpha value is -1.71. The zero-order chi connectivity index (χ0) is 14.7. The summed E-state index contributed by atoms with van der Waals surface area (Å²) >= 11 is 0. The smallest absolute Gasteiger partial charge is 0.123 e. The Bertz CT molecular complexity index is 596. The van der Waals surface area contributed by atoms with Crippen LogP contribution >= 0.6 is 0 Å². The second-order valence-corrected chi connectivity index (χ2v) is 5.61. The molecule has 0 saturated carbocycles. The van der Waals surface area contributed by atoms with Crippen molar-refractivity contribution in [1.29, 1.82) is 0 Å². The van der Waals surface area contributed by atoms with E-state index in [-0.39, 0.29) is 17.8 Å². The lowest BCUT2D eigenvalue weighted by molar-refractivity contribution is 0.187. The molecule has 3 rings (SSSR count). The van der Waals surface area contributed by atoms with Gasteiger partial charge < -0.3 is 10.1 Å². The first-order valence-corrected chi connectivity index (χ1v) is 7.35. The van der Waals surface area contributed by atoms with Crippen molar-refractivity contribution in [2.45, 2.75) is 25.4 Å². The Morgan fingerprint density at radius 1 is 1.10 bits per heavy atom. The van der Waals surface area contributed by atoms with Gasteiger partial charge in [-0.05, 0) is 35.7 Å². The van der Waals surface area contributed by atoms with E-state index in [0.29, 0.717) is 13.2 Å². The Morgan fingerprint density at radius 2 is 1.86 bits per heavy atom. The van der Waals surface area contributed by atoms with Gasteiger partial charge in [-0.3, -0.25) is 0 Å². The van der Waals surface area contributed by atoms with E-state index in [1.807, 2.05) is 12.1 Å². The molecule has 2 atom stereocenters. The van der Waals surface area contributed by atoms with Crippen LogP contribution in [-0.4, -0.2) is 19.3 Å². The molecule has 2 aromatic carbocycles. The topological polar surface area (TPSA) is 21.3 Å². The molecule has 1 heterocycles. The van der Waals surface area contributed by atoms with E-state index in [1.165, 1.54) is 23.3 Å². The molecule has 1 saturated heterocycles. The van der Waals surface area contributed by atoms with Gasteiger partial charge in [0.25, 0.3) is 0 Å². The summed E-state index contributed by atoms with van der Waals surface area (Å²) in [6, 6.07) is 15.4.